The summed E-state index contributed by atoms with van der Waals surface area (Å²) < 4.78 is 0.965. The second-order valence-corrected chi connectivity index (χ2v) is 6.57. The molecule has 1 aromatic rings. The number of rotatable bonds is 1. The van der Waals surface area contributed by atoms with E-state index in [4.69, 9.17) is 5.73 Å². The summed E-state index contributed by atoms with van der Waals surface area (Å²) in [4.78, 5) is 2.47. The first-order valence-corrected chi connectivity index (χ1v) is 7.72. The molecule has 2 N–H and O–H groups in total. The van der Waals surface area contributed by atoms with Crippen molar-refractivity contribution in [3.8, 4) is 6.07 Å². The van der Waals surface area contributed by atoms with Crippen molar-refractivity contribution in [3.05, 3.63) is 28.2 Å². The van der Waals surface area contributed by atoms with Gasteiger partial charge in [-0.25, -0.2) is 0 Å². The molecular weight excluding hydrogens is 302 g/mol. The van der Waals surface area contributed by atoms with Crippen LogP contribution in [0.15, 0.2) is 22.7 Å². The third-order valence-electron chi connectivity index (χ3n) is 4.37. The molecule has 2 aliphatic heterocycles. The summed E-state index contributed by atoms with van der Waals surface area (Å²) in [6.07, 6.45) is 5.79. The minimum Gasteiger partial charge on any atom is -0.364 e. The zero-order chi connectivity index (χ0) is 13.4. The summed E-state index contributed by atoms with van der Waals surface area (Å²) >= 11 is 3.44. The average Bonchev–Trinajstić information content (AvgIpc) is 2.38. The van der Waals surface area contributed by atoms with Gasteiger partial charge in [-0.3, -0.25) is 0 Å². The topological polar surface area (TPSA) is 53.0 Å². The Morgan fingerprint density at radius 3 is 2.58 bits per heavy atom. The Kier molecular flexibility index (Phi) is 3.51. The number of piperidine rings is 2. The molecule has 1 aromatic carbocycles. The molecule has 2 aliphatic rings. The summed E-state index contributed by atoms with van der Waals surface area (Å²) in [6, 6.07) is 9.70. The van der Waals surface area contributed by atoms with Crippen LogP contribution in [0.3, 0.4) is 0 Å². The Morgan fingerprint density at radius 1 is 1.26 bits per heavy atom. The number of nitriles is 1. The average molecular weight is 320 g/mol. The Labute approximate surface area is 122 Å². The number of nitrogens with zero attached hydrogens (tertiary/aromatic N) is 2. The highest BCUT2D eigenvalue weighted by atomic mass is 79.9. The number of hydrogen-bond donors (Lipinski definition) is 1. The molecule has 0 aromatic heterocycles. The fourth-order valence-corrected chi connectivity index (χ4v) is 4.00. The minimum atomic E-state index is 0.326. The molecule has 2 fully saturated rings. The standard InChI is InChI=1S/C15H18BrN3/c16-11-4-5-15(10(6-11)9-17)19-13-2-1-3-14(19)8-12(18)7-13/h4-6,12-14H,1-3,7-8,18H2. The van der Waals surface area contributed by atoms with Crippen LogP contribution in [-0.4, -0.2) is 18.1 Å². The van der Waals surface area contributed by atoms with Gasteiger partial charge in [-0.15, -0.1) is 0 Å². The van der Waals surface area contributed by atoms with Gasteiger partial charge in [0.1, 0.15) is 6.07 Å². The van der Waals surface area contributed by atoms with Crippen molar-refractivity contribution < 1.29 is 0 Å². The predicted molar refractivity (Wildman–Crippen MR) is 80.0 cm³/mol. The second kappa shape index (κ2) is 5.15. The Morgan fingerprint density at radius 2 is 1.95 bits per heavy atom. The zero-order valence-electron chi connectivity index (χ0n) is 10.8. The van der Waals surface area contributed by atoms with Gasteiger partial charge in [0.15, 0.2) is 0 Å². The van der Waals surface area contributed by atoms with Crippen LogP contribution in [0.2, 0.25) is 0 Å². The van der Waals surface area contributed by atoms with Gasteiger partial charge in [0.2, 0.25) is 0 Å². The number of hydrogen-bond acceptors (Lipinski definition) is 3. The van der Waals surface area contributed by atoms with E-state index in [1.54, 1.807) is 0 Å². The summed E-state index contributed by atoms with van der Waals surface area (Å²) in [5, 5.41) is 9.37. The molecule has 0 radical (unpaired) electrons. The first-order valence-electron chi connectivity index (χ1n) is 6.92. The largest absolute Gasteiger partial charge is 0.364 e. The number of fused-ring (bicyclic) bond motifs is 2. The van der Waals surface area contributed by atoms with Gasteiger partial charge in [0, 0.05) is 22.6 Å². The Balaban J connectivity index is 2.00. The lowest BCUT2D eigenvalue weighted by atomic mass is 9.81. The van der Waals surface area contributed by atoms with Crippen molar-refractivity contribution in [3.63, 3.8) is 0 Å². The van der Waals surface area contributed by atoms with E-state index < -0.39 is 0 Å². The van der Waals surface area contributed by atoms with E-state index in [9.17, 15) is 5.26 Å². The number of halogens is 1. The maximum atomic E-state index is 9.37. The van der Waals surface area contributed by atoms with E-state index in [-0.39, 0.29) is 0 Å². The van der Waals surface area contributed by atoms with Gasteiger partial charge < -0.3 is 10.6 Å². The zero-order valence-corrected chi connectivity index (χ0v) is 12.4. The maximum Gasteiger partial charge on any atom is 0.101 e. The molecule has 2 bridgehead atoms. The van der Waals surface area contributed by atoms with Crippen LogP contribution in [0.25, 0.3) is 0 Å². The monoisotopic (exact) mass is 319 g/mol. The third kappa shape index (κ3) is 2.37. The van der Waals surface area contributed by atoms with E-state index in [0.717, 1.165) is 28.6 Å². The van der Waals surface area contributed by atoms with Gasteiger partial charge in [-0.2, -0.15) is 5.26 Å². The summed E-state index contributed by atoms with van der Waals surface area (Å²) in [5.41, 5.74) is 8.02. The summed E-state index contributed by atoms with van der Waals surface area (Å²) in [5.74, 6) is 0. The highest BCUT2D eigenvalue weighted by Gasteiger charge is 2.37. The highest BCUT2D eigenvalue weighted by molar-refractivity contribution is 9.10. The molecule has 3 nitrogen and oxygen atoms in total. The van der Waals surface area contributed by atoms with Gasteiger partial charge in [-0.05, 0) is 50.3 Å². The van der Waals surface area contributed by atoms with E-state index in [1.165, 1.54) is 19.3 Å². The molecular formula is C15H18BrN3. The molecule has 100 valence electrons. The quantitative estimate of drug-likeness (QED) is 0.865. The van der Waals surface area contributed by atoms with Crippen molar-refractivity contribution in [1.82, 2.24) is 0 Å². The molecule has 2 saturated heterocycles. The van der Waals surface area contributed by atoms with Crippen LogP contribution in [0, 0.1) is 11.3 Å². The molecule has 0 spiro atoms. The fourth-order valence-electron chi connectivity index (χ4n) is 3.64. The van der Waals surface area contributed by atoms with Gasteiger partial charge in [-0.1, -0.05) is 15.9 Å². The maximum absolute atomic E-state index is 9.37. The van der Waals surface area contributed by atoms with E-state index in [1.807, 2.05) is 12.1 Å². The first kappa shape index (κ1) is 13.0. The van der Waals surface area contributed by atoms with Crippen LogP contribution in [0.5, 0.6) is 0 Å². The lowest BCUT2D eigenvalue weighted by molar-refractivity contribution is 0.271. The normalized spacial score (nSPS) is 29.9. The second-order valence-electron chi connectivity index (χ2n) is 5.65. The summed E-state index contributed by atoms with van der Waals surface area (Å²) in [6.45, 7) is 0. The Bertz CT molecular complexity index is 509. The molecule has 19 heavy (non-hydrogen) atoms. The molecule has 0 amide bonds. The van der Waals surface area contributed by atoms with Gasteiger partial charge >= 0.3 is 0 Å². The van der Waals surface area contributed by atoms with Crippen molar-refractivity contribution in [1.29, 1.82) is 5.26 Å². The van der Waals surface area contributed by atoms with Gasteiger partial charge in [0.05, 0.1) is 11.3 Å². The van der Waals surface area contributed by atoms with E-state index >= 15 is 0 Å². The van der Waals surface area contributed by atoms with E-state index in [0.29, 0.717) is 18.1 Å². The van der Waals surface area contributed by atoms with Crippen LogP contribution < -0.4 is 10.6 Å². The molecule has 3 rings (SSSR count). The third-order valence-corrected chi connectivity index (χ3v) is 4.86. The summed E-state index contributed by atoms with van der Waals surface area (Å²) in [7, 11) is 0. The van der Waals surface area contributed by atoms with Crippen molar-refractivity contribution >= 4 is 21.6 Å². The molecule has 0 aliphatic carbocycles. The molecule has 2 heterocycles. The van der Waals surface area contributed by atoms with Crippen molar-refractivity contribution in [2.24, 2.45) is 5.73 Å². The minimum absolute atomic E-state index is 0.326. The van der Waals surface area contributed by atoms with Crippen molar-refractivity contribution in [2.45, 2.75) is 50.2 Å². The first-order chi connectivity index (χ1) is 9.19. The molecule has 0 saturated carbocycles. The van der Waals surface area contributed by atoms with Crippen LogP contribution in [-0.2, 0) is 0 Å². The lowest BCUT2D eigenvalue weighted by Gasteiger charge is -2.50. The Hall–Kier alpha value is -1.05. The van der Waals surface area contributed by atoms with E-state index in [2.05, 4.69) is 33.0 Å². The van der Waals surface area contributed by atoms with Gasteiger partial charge in [0.25, 0.3) is 0 Å². The van der Waals surface area contributed by atoms with Crippen LogP contribution in [0.4, 0.5) is 5.69 Å². The number of benzene rings is 1. The van der Waals surface area contributed by atoms with Crippen LogP contribution in [0.1, 0.15) is 37.7 Å². The highest BCUT2D eigenvalue weighted by Crippen LogP contribution is 2.39. The molecule has 2 unspecified atom stereocenters. The van der Waals surface area contributed by atoms with Crippen LogP contribution >= 0.6 is 15.9 Å². The predicted octanol–water partition coefficient (Wildman–Crippen LogP) is 3.17. The molecule has 4 heteroatoms. The fraction of sp³-hybridized carbons (Fsp3) is 0.533. The smallest absolute Gasteiger partial charge is 0.101 e. The number of anilines is 1. The lowest BCUT2D eigenvalue weighted by Crippen LogP contribution is -2.55. The SMILES string of the molecule is N#Cc1cc(Br)ccc1N1C2CCCC1CC(N)C2. The molecule has 2 atom stereocenters. The number of nitrogens with two attached hydrogens (primary N) is 1. The van der Waals surface area contributed by atoms with Crippen molar-refractivity contribution in [2.75, 3.05) is 4.90 Å².